The SMILES string of the molecule is O=CC=C(c1cccc2c1C(=O)c1ccccc1C2=O)N1CCCCC1. The summed E-state index contributed by atoms with van der Waals surface area (Å²) in [5.41, 5.74) is 3.11. The first kappa shape index (κ1) is 16.5. The Hall–Kier alpha value is -3.01. The number of hydrogen-bond donors (Lipinski definition) is 0. The van der Waals surface area contributed by atoms with Crippen molar-refractivity contribution >= 4 is 23.5 Å². The van der Waals surface area contributed by atoms with E-state index in [0.29, 0.717) is 27.8 Å². The molecule has 2 aliphatic rings. The first-order chi connectivity index (χ1) is 12.7. The van der Waals surface area contributed by atoms with Crippen LogP contribution in [0.5, 0.6) is 0 Å². The van der Waals surface area contributed by atoms with Crippen LogP contribution in [0.15, 0.2) is 48.5 Å². The second kappa shape index (κ2) is 6.71. The lowest BCUT2D eigenvalue weighted by Gasteiger charge is -2.32. The van der Waals surface area contributed by atoms with E-state index in [4.69, 9.17) is 0 Å². The van der Waals surface area contributed by atoms with Crippen LogP contribution in [-0.2, 0) is 4.79 Å². The van der Waals surface area contributed by atoms with Gasteiger partial charge < -0.3 is 4.90 Å². The summed E-state index contributed by atoms with van der Waals surface area (Å²) in [4.78, 5) is 39.5. The molecule has 1 saturated heterocycles. The second-order valence-corrected chi connectivity index (χ2v) is 6.67. The van der Waals surface area contributed by atoms with Crippen molar-refractivity contribution < 1.29 is 14.4 Å². The maximum absolute atomic E-state index is 13.2. The van der Waals surface area contributed by atoms with Crippen LogP contribution in [0.3, 0.4) is 0 Å². The summed E-state index contributed by atoms with van der Waals surface area (Å²) in [6.07, 6.45) is 5.55. The van der Waals surface area contributed by atoms with E-state index in [0.717, 1.165) is 37.9 Å². The molecule has 0 unspecified atom stereocenters. The third-order valence-electron chi connectivity index (χ3n) is 5.15. The first-order valence-electron chi connectivity index (χ1n) is 8.94. The summed E-state index contributed by atoms with van der Waals surface area (Å²) >= 11 is 0. The molecule has 1 aliphatic heterocycles. The van der Waals surface area contributed by atoms with E-state index in [1.807, 2.05) is 6.07 Å². The lowest BCUT2D eigenvalue weighted by molar-refractivity contribution is -0.104. The number of carbonyl (C=O) groups is 3. The molecule has 0 amide bonds. The molecule has 1 fully saturated rings. The Kier molecular flexibility index (Phi) is 4.25. The number of ketones is 2. The number of allylic oxidation sites excluding steroid dienone is 1. The van der Waals surface area contributed by atoms with Gasteiger partial charge in [0.15, 0.2) is 11.6 Å². The van der Waals surface area contributed by atoms with Crippen molar-refractivity contribution in [2.24, 2.45) is 0 Å². The van der Waals surface area contributed by atoms with E-state index in [1.54, 1.807) is 36.4 Å². The fourth-order valence-corrected chi connectivity index (χ4v) is 3.92. The van der Waals surface area contributed by atoms with E-state index in [9.17, 15) is 14.4 Å². The second-order valence-electron chi connectivity index (χ2n) is 6.67. The summed E-state index contributed by atoms with van der Waals surface area (Å²) in [6.45, 7) is 1.70. The van der Waals surface area contributed by atoms with Gasteiger partial charge in [-0.1, -0.05) is 42.5 Å². The van der Waals surface area contributed by atoms with Gasteiger partial charge in [-0.15, -0.1) is 0 Å². The third kappa shape index (κ3) is 2.58. The number of hydrogen-bond acceptors (Lipinski definition) is 4. The molecular weight excluding hydrogens is 326 g/mol. The first-order valence-corrected chi connectivity index (χ1v) is 8.94. The van der Waals surface area contributed by atoms with Gasteiger partial charge in [0.2, 0.25) is 0 Å². The Balaban J connectivity index is 1.89. The van der Waals surface area contributed by atoms with Crippen molar-refractivity contribution in [2.75, 3.05) is 13.1 Å². The van der Waals surface area contributed by atoms with Crippen LogP contribution >= 0.6 is 0 Å². The van der Waals surface area contributed by atoms with Gasteiger partial charge in [-0.25, -0.2) is 0 Å². The van der Waals surface area contributed by atoms with Crippen molar-refractivity contribution in [2.45, 2.75) is 19.3 Å². The van der Waals surface area contributed by atoms with E-state index >= 15 is 0 Å². The van der Waals surface area contributed by atoms with Crippen LogP contribution in [-0.4, -0.2) is 35.8 Å². The maximum Gasteiger partial charge on any atom is 0.195 e. The number of benzene rings is 2. The summed E-state index contributed by atoms with van der Waals surface area (Å²) in [6, 6.07) is 12.2. The molecule has 0 saturated carbocycles. The number of fused-ring (bicyclic) bond motifs is 2. The van der Waals surface area contributed by atoms with E-state index in [2.05, 4.69) is 4.90 Å². The lowest BCUT2D eigenvalue weighted by atomic mass is 9.81. The number of rotatable bonds is 3. The molecule has 1 aliphatic carbocycles. The summed E-state index contributed by atoms with van der Waals surface area (Å²) in [5.74, 6) is -0.291. The highest BCUT2D eigenvalue weighted by Gasteiger charge is 2.32. The average Bonchev–Trinajstić information content (AvgIpc) is 2.70. The van der Waals surface area contributed by atoms with Crippen molar-refractivity contribution in [3.8, 4) is 0 Å². The van der Waals surface area contributed by atoms with Gasteiger partial charge in [0.05, 0.1) is 0 Å². The summed E-state index contributed by atoms with van der Waals surface area (Å²) in [7, 11) is 0. The van der Waals surface area contributed by atoms with Crippen molar-refractivity contribution in [1.29, 1.82) is 0 Å². The van der Waals surface area contributed by atoms with Gasteiger partial charge in [0.1, 0.15) is 6.29 Å². The lowest BCUT2D eigenvalue weighted by Crippen LogP contribution is -2.30. The van der Waals surface area contributed by atoms with Gasteiger partial charge in [-0.3, -0.25) is 14.4 Å². The highest BCUT2D eigenvalue weighted by molar-refractivity contribution is 6.29. The molecule has 0 bridgehead atoms. The molecule has 0 spiro atoms. The van der Waals surface area contributed by atoms with Gasteiger partial charge in [-0.2, -0.15) is 0 Å². The average molecular weight is 345 g/mol. The number of aldehydes is 1. The number of piperidine rings is 1. The van der Waals surface area contributed by atoms with Crippen molar-refractivity contribution in [1.82, 2.24) is 4.90 Å². The van der Waals surface area contributed by atoms with Gasteiger partial charge in [0, 0.05) is 52.7 Å². The highest BCUT2D eigenvalue weighted by atomic mass is 16.1. The zero-order valence-electron chi connectivity index (χ0n) is 14.4. The molecule has 2 aromatic carbocycles. The quantitative estimate of drug-likeness (QED) is 0.539. The van der Waals surface area contributed by atoms with Crippen molar-refractivity contribution in [3.05, 3.63) is 76.4 Å². The standard InChI is InChI=1S/C22H19NO3/c24-14-11-19(23-12-4-1-5-13-23)17-9-6-10-18-20(17)22(26)16-8-3-2-7-15(16)21(18)25/h2-3,6-11,14H,1,4-5,12-13H2. The van der Waals surface area contributed by atoms with E-state index in [1.165, 1.54) is 12.5 Å². The maximum atomic E-state index is 13.2. The largest absolute Gasteiger partial charge is 0.371 e. The van der Waals surface area contributed by atoms with Crippen LogP contribution in [0.1, 0.15) is 56.7 Å². The topological polar surface area (TPSA) is 54.5 Å². The van der Waals surface area contributed by atoms with Crippen LogP contribution < -0.4 is 0 Å². The van der Waals surface area contributed by atoms with Crippen LogP contribution in [0.4, 0.5) is 0 Å². The molecule has 2 aromatic rings. The minimum atomic E-state index is -0.153. The molecule has 0 radical (unpaired) electrons. The van der Waals surface area contributed by atoms with Gasteiger partial charge >= 0.3 is 0 Å². The predicted octanol–water partition coefficient (Wildman–Crippen LogP) is 3.49. The molecule has 26 heavy (non-hydrogen) atoms. The molecule has 0 atom stereocenters. The zero-order chi connectivity index (χ0) is 18.1. The van der Waals surface area contributed by atoms with Crippen LogP contribution in [0, 0.1) is 0 Å². The highest BCUT2D eigenvalue weighted by Crippen LogP contribution is 2.34. The van der Waals surface area contributed by atoms with Gasteiger partial charge in [0.25, 0.3) is 0 Å². The molecule has 4 nitrogen and oxygen atoms in total. The molecule has 4 heteroatoms. The Morgan fingerprint density at radius 1 is 0.808 bits per heavy atom. The molecule has 130 valence electrons. The summed E-state index contributed by atoms with van der Waals surface area (Å²) in [5, 5.41) is 0. The summed E-state index contributed by atoms with van der Waals surface area (Å²) < 4.78 is 0. The fraction of sp³-hybridized carbons (Fsp3) is 0.227. The fourth-order valence-electron chi connectivity index (χ4n) is 3.92. The molecule has 4 rings (SSSR count). The minimum absolute atomic E-state index is 0.138. The predicted molar refractivity (Wildman–Crippen MR) is 99.2 cm³/mol. The number of carbonyl (C=O) groups excluding carboxylic acids is 3. The molecule has 0 N–H and O–H groups in total. The Morgan fingerprint density at radius 2 is 1.46 bits per heavy atom. The minimum Gasteiger partial charge on any atom is -0.371 e. The van der Waals surface area contributed by atoms with E-state index < -0.39 is 0 Å². The van der Waals surface area contributed by atoms with Crippen molar-refractivity contribution in [3.63, 3.8) is 0 Å². The zero-order valence-corrected chi connectivity index (χ0v) is 14.4. The number of nitrogens with zero attached hydrogens (tertiary/aromatic N) is 1. The normalized spacial score (nSPS) is 16.9. The van der Waals surface area contributed by atoms with Gasteiger partial charge in [-0.05, 0) is 19.3 Å². The monoisotopic (exact) mass is 345 g/mol. The smallest absolute Gasteiger partial charge is 0.195 e. The van der Waals surface area contributed by atoms with E-state index in [-0.39, 0.29) is 11.6 Å². The number of likely N-dealkylation sites (tertiary alicyclic amines) is 1. The van der Waals surface area contributed by atoms with Crippen LogP contribution in [0.25, 0.3) is 5.70 Å². The Labute approximate surface area is 152 Å². The molecule has 1 heterocycles. The molecule has 0 aromatic heterocycles. The Morgan fingerprint density at radius 3 is 2.15 bits per heavy atom. The third-order valence-corrected chi connectivity index (χ3v) is 5.15. The van der Waals surface area contributed by atoms with Crippen LogP contribution in [0.2, 0.25) is 0 Å². The Bertz CT molecular complexity index is 936. The molecular formula is C22H19NO3.